The highest BCUT2D eigenvalue weighted by molar-refractivity contribution is 5.67. The summed E-state index contributed by atoms with van der Waals surface area (Å²) in [6.45, 7) is 2.85. The quantitative estimate of drug-likeness (QED) is 0.642. The van der Waals surface area contributed by atoms with E-state index in [1.165, 1.54) is 25.0 Å². The van der Waals surface area contributed by atoms with E-state index in [0.29, 0.717) is 11.5 Å². The van der Waals surface area contributed by atoms with Crippen LogP contribution in [0.4, 0.5) is 10.2 Å². The smallest absolute Gasteiger partial charge is 0.149 e. The van der Waals surface area contributed by atoms with Crippen LogP contribution >= 0.6 is 0 Å². The van der Waals surface area contributed by atoms with Crippen LogP contribution in [-0.4, -0.2) is 22.4 Å². The Hall–Kier alpha value is -3.17. The minimum atomic E-state index is -0.530. The molecule has 1 aliphatic rings. The van der Waals surface area contributed by atoms with Crippen LogP contribution in [-0.2, 0) is 0 Å². The van der Waals surface area contributed by atoms with Crippen molar-refractivity contribution in [2.24, 2.45) is 11.7 Å². The van der Waals surface area contributed by atoms with Crippen molar-refractivity contribution in [3.63, 3.8) is 0 Å². The lowest BCUT2D eigenvalue weighted by Crippen LogP contribution is -2.31. The number of halogens is 1. The van der Waals surface area contributed by atoms with Gasteiger partial charge in [0.2, 0.25) is 0 Å². The number of nitrogens with two attached hydrogens (primary N) is 1. The van der Waals surface area contributed by atoms with Crippen molar-refractivity contribution >= 4 is 5.82 Å². The van der Waals surface area contributed by atoms with E-state index in [1.807, 2.05) is 48.0 Å². The summed E-state index contributed by atoms with van der Waals surface area (Å²) in [6, 6.07) is 16.8. The van der Waals surface area contributed by atoms with E-state index in [-0.39, 0.29) is 11.6 Å². The molecule has 3 N–H and O–H groups in total. The zero-order valence-electron chi connectivity index (χ0n) is 17.1. The van der Waals surface area contributed by atoms with Crippen LogP contribution in [0.15, 0.2) is 48.5 Å². The summed E-state index contributed by atoms with van der Waals surface area (Å²) < 4.78 is 16.1. The first-order valence-electron chi connectivity index (χ1n) is 10.4. The van der Waals surface area contributed by atoms with Gasteiger partial charge in [-0.25, -0.2) is 9.07 Å². The number of hydrogen-bond donors (Lipinski definition) is 2. The summed E-state index contributed by atoms with van der Waals surface area (Å²) in [4.78, 5) is 0. The fourth-order valence-corrected chi connectivity index (χ4v) is 4.09. The minimum absolute atomic E-state index is 0.0344. The van der Waals surface area contributed by atoms with Crippen LogP contribution in [0.1, 0.15) is 36.8 Å². The second kappa shape index (κ2) is 8.68. The molecule has 2 aromatic carbocycles. The molecule has 1 saturated carbocycles. The van der Waals surface area contributed by atoms with E-state index in [0.717, 1.165) is 42.1 Å². The average Bonchev–Trinajstić information content (AvgIpc) is 3.17. The predicted octanol–water partition coefficient (Wildman–Crippen LogP) is 4.79. The third kappa shape index (κ3) is 4.37. The van der Waals surface area contributed by atoms with Gasteiger partial charge in [0.05, 0.1) is 16.9 Å². The molecule has 3 aromatic rings. The lowest BCUT2D eigenvalue weighted by molar-refractivity contribution is 0.335. The van der Waals surface area contributed by atoms with E-state index < -0.39 is 5.82 Å². The number of nitrogens with zero attached hydrogens (tertiary/aromatic N) is 3. The zero-order valence-corrected chi connectivity index (χ0v) is 17.1. The molecule has 1 fully saturated rings. The van der Waals surface area contributed by atoms with Crippen LogP contribution in [0, 0.1) is 30.0 Å². The van der Waals surface area contributed by atoms with Crippen LogP contribution < -0.4 is 11.1 Å². The first kappa shape index (κ1) is 20.1. The largest absolute Gasteiger partial charge is 0.368 e. The maximum absolute atomic E-state index is 14.3. The molecule has 1 heterocycles. The predicted molar refractivity (Wildman–Crippen MR) is 117 cm³/mol. The van der Waals surface area contributed by atoms with E-state index in [4.69, 9.17) is 16.1 Å². The van der Waals surface area contributed by atoms with Gasteiger partial charge in [0.25, 0.3) is 0 Å². The van der Waals surface area contributed by atoms with Gasteiger partial charge in [-0.05, 0) is 56.4 Å². The number of anilines is 1. The molecular formula is C24H26FN5. The van der Waals surface area contributed by atoms with Gasteiger partial charge < -0.3 is 11.1 Å². The number of nitrogens with one attached hydrogen (secondary N) is 1. The van der Waals surface area contributed by atoms with Crippen molar-refractivity contribution in [3.05, 3.63) is 65.5 Å². The molecule has 5 nitrogen and oxygen atoms in total. The summed E-state index contributed by atoms with van der Waals surface area (Å²) in [5.41, 5.74) is 9.65. The molecule has 0 saturated heterocycles. The van der Waals surface area contributed by atoms with E-state index >= 15 is 0 Å². The Morgan fingerprint density at radius 1 is 1.20 bits per heavy atom. The highest BCUT2D eigenvalue weighted by atomic mass is 19.1. The summed E-state index contributed by atoms with van der Waals surface area (Å²) >= 11 is 0. The molecule has 0 amide bonds. The van der Waals surface area contributed by atoms with Crippen LogP contribution in [0.25, 0.3) is 16.9 Å². The van der Waals surface area contributed by atoms with Crippen LogP contribution in [0.2, 0.25) is 0 Å². The van der Waals surface area contributed by atoms with Crippen molar-refractivity contribution in [2.75, 3.05) is 11.9 Å². The maximum atomic E-state index is 14.3. The molecule has 154 valence electrons. The fraction of sp³-hybridized carbons (Fsp3) is 0.333. The Morgan fingerprint density at radius 3 is 2.70 bits per heavy atom. The molecule has 1 aromatic heterocycles. The van der Waals surface area contributed by atoms with Gasteiger partial charge in [-0.1, -0.05) is 30.2 Å². The topological polar surface area (TPSA) is 79.7 Å². The lowest BCUT2D eigenvalue weighted by Gasteiger charge is -2.26. The Bertz CT molecular complexity index is 1060. The number of nitriles is 1. The highest BCUT2D eigenvalue weighted by Gasteiger charge is 2.20. The van der Waals surface area contributed by atoms with Crippen molar-refractivity contribution in [1.29, 1.82) is 5.26 Å². The molecule has 0 aliphatic heterocycles. The third-order valence-electron chi connectivity index (χ3n) is 5.77. The number of benzene rings is 2. The Balaban J connectivity index is 1.66. The highest BCUT2D eigenvalue weighted by Crippen LogP contribution is 2.29. The van der Waals surface area contributed by atoms with E-state index in [1.54, 1.807) is 6.07 Å². The summed E-state index contributed by atoms with van der Waals surface area (Å²) in [7, 11) is 0. The van der Waals surface area contributed by atoms with Crippen LogP contribution in [0.3, 0.4) is 0 Å². The molecule has 1 unspecified atom stereocenters. The van der Waals surface area contributed by atoms with E-state index in [9.17, 15) is 4.39 Å². The molecule has 30 heavy (non-hydrogen) atoms. The number of aryl methyl sites for hydroxylation is 1. The zero-order chi connectivity index (χ0) is 21.1. The monoisotopic (exact) mass is 403 g/mol. The third-order valence-corrected chi connectivity index (χ3v) is 5.77. The first-order valence-corrected chi connectivity index (χ1v) is 10.4. The molecule has 0 spiro atoms. The van der Waals surface area contributed by atoms with Crippen molar-refractivity contribution in [2.45, 2.75) is 38.6 Å². The second-order valence-corrected chi connectivity index (χ2v) is 8.14. The average molecular weight is 404 g/mol. The van der Waals surface area contributed by atoms with Gasteiger partial charge >= 0.3 is 0 Å². The lowest BCUT2D eigenvalue weighted by atomic mass is 9.86. The van der Waals surface area contributed by atoms with Crippen LogP contribution in [0.5, 0.6) is 0 Å². The Kier molecular flexibility index (Phi) is 5.82. The normalized spacial score (nSPS) is 18.7. The fourth-order valence-electron chi connectivity index (χ4n) is 4.09. The molecule has 4 rings (SSSR count). The van der Waals surface area contributed by atoms with Gasteiger partial charge in [-0.15, -0.1) is 5.10 Å². The van der Waals surface area contributed by atoms with Crippen molar-refractivity contribution < 1.29 is 4.39 Å². The molecule has 0 bridgehead atoms. The van der Waals surface area contributed by atoms with Crippen molar-refractivity contribution in [1.82, 2.24) is 9.78 Å². The number of rotatable bonds is 5. The first-order chi connectivity index (χ1) is 14.5. The van der Waals surface area contributed by atoms with Crippen molar-refractivity contribution in [3.8, 4) is 23.0 Å². The SMILES string of the molecule is Cc1ccc(-n2nc(NCC3CCC[C@@H](N)C3)cc2-c2ccc(C#N)c(F)c2)cc1. The number of hydrogen-bond acceptors (Lipinski definition) is 4. The van der Waals surface area contributed by atoms with Gasteiger partial charge in [-0.3, -0.25) is 0 Å². The van der Waals surface area contributed by atoms with Gasteiger partial charge in [0, 0.05) is 24.2 Å². The maximum Gasteiger partial charge on any atom is 0.149 e. The summed E-state index contributed by atoms with van der Waals surface area (Å²) in [6.07, 6.45) is 4.47. The Labute approximate surface area is 176 Å². The summed E-state index contributed by atoms with van der Waals surface area (Å²) in [5.74, 6) is 0.751. The van der Waals surface area contributed by atoms with Gasteiger partial charge in [0.1, 0.15) is 17.7 Å². The molecule has 0 radical (unpaired) electrons. The standard InChI is InChI=1S/C24H26FN5/c1-16-5-9-21(10-6-16)30-23(18-7-8-19(14-26)22(25)12-18)13-24(29-30)28-15-17-3-2-4-20(27)11-17/h5-10,12-13,17,20H,2-4,11,15,27H2,1H3,(H,28,29)/t17?,20-/m1/s1. The molecule has 6 heteroatoms. The molecule has 2 atom stereocenters. The van der Waals surface area contributed by atoms with E-state index in [2.05, 4.69) is 5.32 Å². The number of aromatic nitrogens is 2. The Morgan fingerprint density at radius 2 is 2.00 bits per heavy atom. The minimum Gasteiger partial charge on any atom is -0.368 e. The second-order valence-electron chi connectivity index (χ2n) is 8.14. The molecular weight excluding hydrogens is 377 g/mol. The van der Waals surface area contributed by atoms with Gasteiger partial charge in [-0.2, -0.15) is 5.26 Å². The van der Waals surface area contributed by atoms with Gasteiger partial charge in [0.15, 0.2) is 0 Å². The molecule has 1 aliphatic carbocycles. The summed E-state index contributed by atoms with van der Waals surface area (Å²) in [5, 5.41) is 17.2.